The molecule has 0 bridgehead atoms. The molecule has 0 saturated carbocycles. The number of benzene rings is 1. The molecule has 1 N–H and O–H groups in total. The zero-order valence-electron chi connectivity index (χ0n) is 12.4. The molecule has 0 heterocycles. The minimum Gasteiger partial charge on any atom is -0.493 e. The number of ether oxygens (including phenoxy) is 1. The number of amides is 1. The molecular formula is C15H20ClNO4. The van der Waals surface area contributed by atoms with Crippen molar-refractivity contribution < 1.29 is 19.4 Å². The lowest BCUT2D eigenvalue weighted by Crippen LogP contribution is -2.53. The largest absolute Gasteiger partial charge is 0.493 e. The van der Waals surface area contributed by atoms with Gasteiger partial charge in [0, 0.05) is 11.6 Å². The van der Waals surface area contributed by atoms with Crippen LogP contribution in [0.2, 0.25) is 5.02 Å². The summed E-state index contributed by atoms with van der Waals surface area (Å²) in [5, 5.41) is 9.74. The molecular weight excluding hydrogens is 294 g/mol. The van der Waals surface area contributed by atoms with Gasteiger partial charge in [-0.05, 0) is 39.0 Å². The Morgan fingerprint density at radius 3 is 2.57 bits per heavy atom. The van der Waals surface area contributed by atoms with E-state index in [0.717, 1.165) is 0 Å². The highest BCUT2D eigenvalue weighted by molar-refractivity contribution is 6.30. The van der Waals surface area contributed by atoms with Gasteiger partial charge in [-0.3, -0.25) is 4.79 Å². The monoisotopic (exact) mass is 313 g/mol. The van der Waals surface area contributed by atoms with Crippen LogP contribution in [0.4, 0.5) is 0 Å². The number of hydrogen-bond acceptors (Lipinski definition) is 3. The predicted octanol–water partition coefficient (Wildman–Crippen LogP) is 2.82. The van der Waals surface area contributed by atoms with E-state index in [-0.39, 0.29) is 18.9 Å². The fourth-order valence-electron chi connectivity index (χ4n) is 1.95. The normalized spacial score (nSPS) is 11.0. The predicted molar refractivity (Wildman–Crippen MR) is 80.7 cm³/mol. The summed E-state index contributed by atoms with van der Waals surface area (Å²) in [4.78, 5) is 24.7. The van der Waals surface area contributed by atoms with Crippen LogP contribution >= 0.6 is 11.6 Å². The zero-order chi connectivity index (χ0) is 16.0. The lowest BCUT2D eigenvalue weighted by Gasteiger charge is -2.34. The van der Waals surface area contributed by atoms with Crippen molar-refractivity contribution in [2.24, 2.45) is 0 Å². The van der Waals surface area contributed by atoms with Crippen molar-refractivity contribution in [3.63, 3.8) is 0 Å². The Morgan fingerprint density at radius 2 is 2.05 bits per heavy atom. The molecule has 0 aliphatic rings. The van der Waals surface area contributed by atoms with E-state index in [4.69, 9.17) is 16.3 Å². The van der Waals surface area contributed by atoms with Crippen molar-refractivity contribution >= 4 is 23.5 Å². The van der Waals surface area contributed by atoms with E-state index in [1.807, 2.05) is 0 Å². The van der Waals surface area contributed by atoms with Gasteiger partial charge in [-0.15, -0.1) is 0 Å². The van der Waals surface area contributed by atoms with Gasteiger partial charge < -0.3 is 14.7 Å². The number of hydrogen-bond donors (Lipinski definition) is 1. The van der Waals surface area contributed by atoms with Gasteiger partial charge in [0.05, 0.1) is 13.0 Å². The summed E-state index contributed by atoms with van der Waals surface area (Å²) in [7, 11) is 0. The molecule has 0 saturated heterocycles. The molecule has 0 atom stereocenters. The van der Waals surface area contributed by atoms with Gasteiger partial charge in [0.25, 0.3) is 0 Å². The lowest BCUT2D eigenvalue weighted by molar-refractivity contribution is -0.156. The molecule has 0 unspecified atom stereocenters. The van der Waals surface area contributed by atoms with Crippen LogP contribution < -0.4 is 4.74 Å². The van der Waals surface area contributed by atoms with E-state index in [1.54, 1.807) is 31.2 Å². The van der Waals surface area contributed by atoms with E-state index in [1.165, 1.54) is 18.7 Å². The molecule has 0 aliphatic heterocycles. The molecule has 1 aromatic carbocycles. The second kappa shape index (κ2) is 7.31. The number of nitrogens with zero attached hydrogens (tertiary/aromatic N) is 1. The zero-order valence-corrected chi connectivity index (χ0v) is 13.2. The summed E-state index contributed by atoms with van der Waals surface area (Å²) in [6, 6.07) is 6.89. The molecule has 0 aliphatic carbocycles. The van der Waals surface area contributed by atoms with Crippen LogP contribution in [0.15, 0.2) is 24.3 Å². The average Bonchev–Trinajstić information content (AvgIpc) is 2.39. The minimum absolute atomic E-state index is 0.108. The Morgan fingerprint density at radius 1 is 1.38 bits per heavy atom. The van der Waals surface area contributed by atoms with Crippen LogP contribution in [0, 0.1) is 0 Å². The van der Waals surface area contributed by atoms with Gasteiger partial charge in [-0.25, -0.2) is 4.79 Å². The van der Waals surface area contributed by atoms with E-state index in [9.17, 15) is 14.7 Å². The summed E-state index contributed by atoms with van der Waals surface area (Å²) >= 11 is 5.83. The minimum atomic E-state index is -1.23. The highest BCUT2D eigenvalue weighted by atomic mass is 35.5. The summed E-state index contributed by atoms with van der Waals surface area (Å²) in [6.07, 6.45) is 0.108. The molecule has 1 aromatic rings. The van der Waals surface area contributed by atoms with E-state index >= 15 is 0 Å². The molecule has 5 nitrogen and oxygen atoms in total. The number of aliphatic carboxylic acids is 1. The van der Waals surface area contributed by atoms with Gasteiger partial charge in [0.15, 0.2) is 0 Å². The van der Waals surface area contributed by atoms with Crippen LogP contribution in [-0.2, 0) is 9.59 Å². The van der Waals surface area contributed by atoms with E-state index in [0.29, 0.717) is 17.3 Å². The van der Waals surface area contributed by atoms with Crippen LogP contribution in [0.5, 0.6) is 5.75 Å². The lowest BCUT2D eigenvalue weighted by atomic mass is 10.0. The fourth-order valence-corrected chi connectivity index (χ4v) is 2.13. The number of carbonyl (C=O) groups is 2. The molecule has 0 fully saturated rings. The highest BCUT2D eigenvalue weighted by Gasteiger charge is 2.36. The maximum absolute atomic E-state index is 12.1. The second-order valence-corrected chi connectivity index (χ2v) is 5.49. The van der Waals surface area contributed by atoms with Crippen molar-refractivity contribution in [1.29, 1.82) is 0 Å². The highest BCUT2D eigenvalue weighted by Crippen LogP contribution is 2.18. The molecule has 21 heavy (non-hydrogen) atoms. The summed E-state index contributed by atoms with van der Waals surface area (Å²) in [6.45, 7) is 5.27. The Labute approximate surface area is 129 Å². The second-order valence-electron chi connectivity index (χ2n) is 5.06. The first kappa shape index (κ1) is 17.3. The third-order valence-electron chi connectivity index (χ3n) is 3.20. The van der Waals surface area contributed by atoms with Crippen LogP contribution in [0.1, 0.15) is 27.2 Å². The van der Waals surface area contributed by atoms with Gasteiger partial charge in [0.2, 0.25) is 5.91 Å². The number of carboxylic acids is 1. The van der Waals surface area contributed by atoms with Gasteiger partial charge >= 0.3 is 5.97 Å². The maximum Gasteiger partial charge on any atom is 0.329 e. The van der Waals surface area contributed by atoms with Crippen LogP contribution in [0.3, 0.4) is 0 Å². The molecule has 116 valence electrons. The first-order valence-corrected chi connectivity index (χ1v) is 7.09. The third-order valence-corrected chi connectivity index (χ3v) is 3.43. The Bertz CT molecular complexity index is 516. The molecule has 0 radical (unpaired) electrons. The third kappa shape index (κ3) is 4.63. The Hall–Kier alpha value is -1.75. The molecule has 0 spiro atoms. The number of halogens is 1. The molecule has 1 rings (SSSR count). The Kier molecular flexibility index (Phi) is 6.03. The number of carbonyl (C=O) groups excluding carboxylic acids is 1. The quantitative estimate of drug-likeness (QED) is 0.840. The first-order valence-electron chi connectivity index (χ1n) is 6.71. The van der Waals surface area contributed by atoms with Crippen LogP contribution in [-0.4, -0.2) is 40.6 Å². The summed E-state index contributed by atoms with van der Waals surface area (Å²) in [5.41, 5.74) is -1.23. The van der Waals surface area contributed by atoms with Crippen molar-refractivity contribution in [3.8, 4) is 5.75 Å². The van der Waals surface area contributed by atoms with Crippen molar-refractivity contribution in [1.82, 2.24) is 4.90 Å². The standard InChI is InChI=1S/C15H20ClNO4/c1-4-17(15(2,3)14(19)20)13(18)8-9-21-12-7-5-6-11(16)10-12/h5-7,10H,4,8-9H2,1-3H3,(H,19,20). The summed E-state index contributed by atoms with van der Waals surface area (Å²) < 4.78 is 5.45. The van der Waals surface area contributed by atoms with Crippen LogP contribution in [0.25, 0.3) is 0 Å². The Balaban J connectivity index is 2.58. The fraction of sp³-hybridized carbons (Fsp3) is 0.467. The number of rotatable bonds is 7. The van der Waals surface area contributed by atoms with E-state index < -0.39 is 11.5 Å². The van der Waals surface area contributed by atoms with E-state index in [2.05, 4.69) is 0 Å². The maximum atomic E-state index is 12.1. The van der Waals surface area contributed by atoms with Gasteiger partial charge in [-0.1, -0.05) is 17.7 Å². The van der Waals surface area contributed by atoms with Crippen molar-refractivity contribution in [3.05, 3.63) is 29.3 Å². The molecule has 1 amide bonds. The summed E-state index contributed by atoms with van der Waals surface area (Å²) in [5.74, 6) is -0.712. The SMILES string of the molecule is CCN(C(=O)CCOc1cccc(Cl)c1)C(C)(C)C(=O)O. The first-order chi connectivity index (χ1) is 9.78. The number of likely N-dealkylation sites (N-methyl/N-ethyl adjacent to an activating group) is 1. The van der Waals surface area contributed by atoms with Crippen molar-refractivity contribution in [2.75, 3.05) is 13.2 Å². The topological polar surface area (TPSA) is 66.8 Å². The van der Waals surface area contributed by atoms with Gasteiger partial charge in [-0.2, -0.15) is 0 Å². The molecule has 0 aromatic heterocycles. The number of carboxylic acid groups (broad SMARTS) is 1. The van der Waals surface area contributed by atoms with Crippen molar-refractivity contribution in [2.45, 2.75) is 32.7 Å². The average molecular weight is 314 g/mol. The van der Waals surface area contributed by atoms with Gasteiger partial charge in [0.1, 0.15) is 11.3 Å². The smallest absolute Gasteiger partial charge is 0.329 e. The molecule has 6 heteroatoms.